The molecule has 2 heterocycles. The van der Waals surface area contributed by atoms with E-state index in [0.717, 1.165) is 28.6 Å². The molecule has 128 valence electrons. The summed E-state index contributed by atoms with van der Waals surface area (Å²) in [5, 5.41) is 8.75. The molecular formula is C19H19N3O3. The molecule has 0 unspecified atom stereocenters. The molecule has 3 aromatic rings. The second-order valence-corrected chi connectivity index (χ2v) is 5.85. The maximum atomic E-state index is 5.84. The second-order valence-electron chi connectivity index (χ2n) is 5.85. The lowest BCUT2D eigenvalue weighted by Gasteiger charge is -2.18. The van der Waals surface area contributed by atoms with E-state index in [2.05, 4.69) is 16.3 Å². The molecule has 0 N–H and O–H groups in total. The fourth-order valence-electron chi connectivity index (χ4n) is 3.31. The van der Waals surface area contributed by atoms with Crippen LogP contribution in [0.1, 0.15) is 23.1 Å². The number of para-hydroxylation sites is 2. The maximum Gasteiger partial charge on any atom is 0.149 e. The summed E-state index contributed by atoms with van der Waals surface area (Å²) in [5.74, 6) is 3.89. The van der Waals surface area contributed by atoms with Crippen molar-refractivity contribution < 1.29 is 14.2 Å². The Hall–Kier alpha value is -3.02. The predicted octanol–water partition coefficient (Wildman–Crippen LogP) is 3.12. The molecule has 4 rings (SSSR count). The summed E-state index contributed by atoms with van der Waals surface area (Å²) in [5.41, 5.74) is 1.92. The zero-order chi connectivity index (χ0) is 17.4. The van der Waals surface area contributed by atoms with Gasteiger partial charge >= 0.3 is 0 Å². The Morgan fingerprint density at radius 1 is 1.00 bits per heavy atom. The van der Waals surface area contributed by atoms with Crippen LogP contribution < -0.4 is 14.2 Å². The SMILES string of the molecule is COc1cccc(OC)c1-n1c(C)nnc1[C@@H]1COc2ccccc21. The molecule has 1 aliphatic rings. The average Bonchev–Trinajstić information content (AvgIpc) is 3.24. The first-order valence-corrected chi connectivity index (χ1v) is 8.09. The summed E-state index contributed by atoms with van der Waals surface area (Å²) < 4.78 is 19.0. The van der Waals surface area contributed by atoms with E-state index < -0.39 is 0 Å². The van der Waals surface area contributed by atoms with E-state index in [4.69, 9.17) is 14.2 Å². The third-order valence-corrected chi connectivity index (χ3v) is 4.49. The molecule has 0 radical (unpaired) electrons. The van der Waals surface area contributed by atoms with E-state index in [1.807, 2.05) is 47.9 Å². The number of fused-ring (bicyclic) bond motifs is 1. The van der Waals surface area contributed by atoms with Crippen LogP contribution in [0.15, 0.2) is 42.5 Å². The number of rotatable bonds is 4. The first kappa shape index (κ1) is 15.5. The quantitative estimate of drug-likeness (QED) is 0.732. The number of hydrogen-bond donors (Lipinski definition) is 0. The highest BCUT2D eigenvalue weighted by atomic mass is 16.5. The monoisotopic (exact) mass is 337 g/mol. The lowest BCUT2D eigenvalue weighted by Crippen LogP contribution is -2.13. The van der Waals surface area contributed by atoms with Gasteiger partial charge in [-0.1, -0.05) is 24.3 Å². The molecule has 0 spiro atoms. The van der Waals surface area contributed by atoms with Crippen molar-refractivity contribution in [3.63, 3.8) is 0 Å². The molecule has 6 nitrogen and oxygen atoms in total. The molecule has 0 amide bonds. The molecule has 1 aliphatic heterocycles. The number of methoxy groups -OCH3 is 2. The molecule has 6 heteroatoms. The highest BCUT2D eigenvalue weighted by Gasteiger charge is 2.32. The Morgan fingerprint density at radius 2 is 1.72 bits per heavy atom. The highest BCUT2D eigenvalue weighted by Crippen LogP contribution is 2.40. The lowest BCUT2D eigenvalue weighted by atomic mass is 10.0. The van der Waals surface area contributed by atoms with E-state index in [-0.39, 0.29) is 5.92 Å². The number of benzene rings is 2. The zero-order valence-corrected chi connectivity index (χ0v) is 14.4. The summed E-state index contributed by atoms with van der Waals surface area (Å²) in [7, 11) is 3.29. The first-order chi connectivity index (χ1) is 12.2. The third-order valence-electron chi connectivity index (χ3n) is 4.49. The maximum absolute atomic E-state index is 5.84. The van der Waals surface area contributed by atoms with Crippen molar-refractivity contribution in [2.75, 3.05) is 20.8 Å². The van der Waals surface area contributed by atoms with Gasteiger partial charge in [-0.3, -0.25) is 4.57 Å². The zero-order valence-electron chi connectivity index (χ0n) is 14.4. The molecule has 2 aromatic carbocycles. The van der Waals surface area contributed by atoms with Crippen molar-refractivity contribution in [1.29, 1.82) is 0 Å². The van der Waals surface area contributed by atoms with Gasteiger partial charge in [-0.15, -0.1) is 10.2 Å². The molecule has 0 saturated heterocycles. The molecule has 25 heavy (non-hydrogen) atoms. The van der Waals surface area contributed by atoms with Crippen molar-refractivity contribution >= 4 is 0 Å². The van der Waals surface area contributed by atoms with Crippen molar-refractivity contribution in [3.05, 3.63) is 59.7 Å². The van der Waals surface area contributed by atoms with Gasteiger partial charge in [0.2, 0.25) is 0 Å². The number of hydrogen-bond acceptors (Lipinski definition) is 5. The van der Waals surface area contributed by atoms with E-state index in [9.17, 15) is 0 Å². The Labute approximate surface area is 146 Å². The van der Waals surface area contributed by atoms with Crippen molar-refractivity contribution in [1.82, 2.24) is 14.8 Å². The fourth-order valence-corrected chi connectivity index (χ4v) is 3.31. The van der Waals surface area contributed by atoms with Crippen LogP contribution in [-0.2, 0) is 0 Å². The van der Waals surface area contributed by atoms with E-state index >= 15 is 0 Å². The Bertz CT molecular complexity index is 898. The second kappa shape index (κ2) is 6.12. The van der Waals surface area contributed by atoms with Gasteiger partial charge < -0.3 is 14.2 Å². The van der Waals surface area contributed by atoms with Crippen molar-refractivity contribution in [2.24, 2.45) is 0 Å². The van der Waals surface area contributed by atoms with Crippen molar-refractivity contribution in [2.45, 2.75) is 12.8 Å². The fraction of sp³-hybridized carbons (Fsp3) is 0.263. The van der Waals surface area contributed by atoms with Gasteiger partial charge in [0.15, 0.2) is 0 Å². The molecule has 0 fully saturated rings. The lowest BCUT2D eigenvalue weighted by molar-refractivity contribution is 0.338. The summed E-state index contributed by atoms with van der Waals surface area (Å²) in [6.45, 7) is 2.46. The minimum atomic E-state index is 0.00650. The number of aromatic nitrogens is 3. The Balaban J connectivity index is 1.91. The van der Waals surface area contributed by atoms with E-state index in [1.54, 1.807) is 14.2 Å². The standard InChI is InChI=1S/C19H19N3O3/c1-12-20-21-19(14-11-25-15-8-5-4-7-13(14)15)22(12)18-16(23-2)9-6-10-17(18)24-3/h4-10,14H,11H2,1-3H3/t14-/m1/s1. The van der Waals surface area contributed by atoms with Gasteiger partial charge in [-0.05, 0) is 25.1 Å². The van der Waals surface area contributed by atoms with Crippen molar-refractivity contribution in [3.8, 4) is 22.9 Å². The van der Waals surface area contributed by atoms with Crippen LogP contribution in [0, 0.1) is 6.92 Å². The summed E-state index contributed by atoms with van der Waals surface area (Å²) >= 11 is 0. The summed E-state index contributed by atoms with van der Waals surface area (Å²) in [6, 6.07) is 13.7. The van der Waals surface area contributed by atoms with Gasteiger partial charge in [0, 0.05) is 5.56 Å². The largest absolute Gasteiger partial charge is 0.494 e. The number of nitrogens with zero attached hydrogens (tertiary/aromatic N) is 3. The van der Waals surface area contributed by atoms with Crippen LogP contribution in [0.3, 0.4) is 0 Å². The van der Waals surface area contributed by atoms with Gasteiger partial charge in [-0.2, -0.15) is 0 Å². The predicted molar refractivity (Wildman–Crippen MR) is 93.0 cm³/mol. The molecular weight excluding hydrogens is 318 g/mol. The molecule has 1 aromatic heterocycles. The van der Waals surface area contributed by atoms with E-state index in [1.165, 1.54) is 0 Å². The van der Waals surface area contributed by atoms with E-state index in [0.29, 0.717) is 18.1 Å². The minimum absolute atomic E-state index is 0.00650. The average molecular weight is 337 g/mol. The van der Waals surface area contributed by atoms with Crippen LogP contribution in [0.5, 0.6) is 17.2 Å². The number of aryl methyl sites for hydroxylation is 1. The van der Waals surface area contributed by atoms with Gasteiger partial charge in [0.05, 0.1) is 20.1 Å². The van der Waals surface area contributed by atoms with Crippen LogP contribution >= 0.6 is 0 Å². The molecule has 0 aliphatic carbocycles. The van der Waals surface area contributed by atoms with Crippen LogP contribution in [0.2, 0.25) is 0 Å². The molecule has 0 bridgehead atoms. The Morgan fingerprint density at radius 3 is 2.44 bits per heavy atom. The number of ether oxygens (including phenoxy) is 3. The Kier molecular flexibility index (Phi) is 3.80. The normalized spacial score (nSPS) is 15.6. The van der Waals surface area contributed by atoms with Crippen LogP contribution in [-0.4, -0.2) is 35.6 Å². The van der Waals surface area contributed by atoms with Gasteiger partial charge in [-0.25, -0.2) is 0 Å². The first-order valence-electron chi connectivity index (χ1n) is 8.09. The smallest absolute Gasteiger partial charge is 0.149 e. The summed E-state index contributed by atoms with van der Waals surface area (Å²) in [4.78, 5) is 0. The highest BCUT2D eigenvalue weighted by molar-refractivity contribution is 5.59. The molecule has 0 saturated carbocycles. The van der Waals surface area contributed by atoms with Crippen LogP contribution in [0.4, 0.5) is 0 Å². The van der Waals surface area contributed by atoms with Gasteiger partial charge in [0.25, 0.3) is 0 Å². The topological polar surface area (TPSA) is 58.4 Å². The minimum Gasteiger partial charge on any atom is -0.494 e. The molecule has 1 atom stereocenters. The van der Waals surface area contributed by atoms with Crippen LogP contribution in [0.25, 0.3) is 5.69 Å². The third kappa shape index (κ3) is 2.41. The summed E-state index contributed by atoms with van der Waals surface area (Å²) in [6.07, 6.45) is 0. The van der Waals surface area contributed by atoms with Gasteiger partial charge in [0.1, 0.15) is 41.2 Å².